The number of hydrogen-bond donors (Lipinski definition) is 2. The number of ether oxygens (including phenoxy) is 2. The zero-order valence-electron chi connectivity index (χ0n) is 9.93. The molecule has 1 aromatic rings. The van der Waals surface area contributed by atoms with Crippen molar-refractivity contribution in [2.75, 3.05) is 14.2 Å². The minimum atomic E-state index is -0.543. The van der Waals surface area contributed by atoms with E-state index in [4.69, 9.17) is 15.2 Å². The maximum Gasteiger partial charge on any atom is 0.161 e. The average molecular weight is 225 g/mol. The van der Waals surface area contributed by atoms with Gasteiger partial charge >= 0.3 is 0 Å². The van der Waals surface area contributed by atoms with Gasteiger partial charge in [-0.25, -0.2) is 0 Å². The van der Waals surface area contributed by atoms with E-state index in [1.54, 1.807) is 26.4 Å². The number of rotatable bonds is 5. The molecule has 0 saturated heterocycles. The fraction of sp³-hybridized carbons (Fsp3) is 0.500. The summed E-state index contributed by atoms with van der Waals surface area (Å²) < 4.78 is 10.3. The zero-order valence-corrected chi connectivity index (χ0v) is 9.93. The number of benzene rings is 1. The molecule has 2 atom stereocenters. The third-order valence-electron chi connectivity index (χ3n) is 2.63. The summed E-state index contributed by atoms with van der Waals surface area (Å²) >= 11 is 0. The largest absolute Gasteiger partial charge is 0.493 e. The molecule has 0 unspecified atom stereocenters. The van der Waals surface area contributed by atoms with Crippen molar-refractivity contribution in [3.63, 3.8) is 0 Å². The van der Waals surface area contributed by atoms with Crippen molar-refractivity contribution in [3.05, 3.63) is 23.8 Å². The molecule has 4 nitrogen and oxygen atoms in total. The predicted molar refractivity (Wildman–Crippen MR) is 62.8 cm³/mol. The third-order valence-corrected chi connectivity index (χ3v) is 2.63. The predicted octanol–water partition coefficient (Wildman–Crippen LogP) is 1.47. The molecular formula is C12H19NO3. The van der Waals surface area contributed by atoms with Gasteiger partial charge in [0, 0.05) is 0 Å². The molecule has 0 radical (unpaired) electrons. The molecule has 16 heavy (non-hydrogen) atoms. The normalized spacial score (nSPS) is 14.3. The van der Waals surface area contributed by atoms with Gasteiger partial charge in [0.2, 0.25) is 0 Å². The zero-order chi connectivity index (χ0) is 12.1. The summed E-state index contributed by atoms with van der Waals surface area (Å²) in [6.07, 6.45) is 0.0771. The summed E-state index contributed by atoms with van der Waals surface area (Å²) in [4.78, 5) is 0. The molecule has 0 aliphatic carbocycles. The van der Waals surface area contributed by atoms with Gasteiger partial charge in [0.1, 0.15) is 0 Å². The molecule has 0 aliphatic heterocycles. The van der Waals surface area contributed by atoms with E-state index in [1.165, 1.54) is 0 Å². The highest BCUT2D eigenvalue weighted by Gasteiger charge is 2.16. The van der Waals surface area contributed by atoms with Gasteiger partial charge in [-0.3, -0.25) is 0 Å². The van der Waals surface area contributed by atoms with Crippen LogP contribution in [0.3, 0.4) is 0 Å². The van der Waals surface area contributed by atoms with E-state index >= 15 is 0 Å². The monoisotopic (exact) mass is 225 g/mol. The van der Waals surface area contributed by atoms with Gasteiger partial charge in [-0.15, -0.1) is 0 Å². The van der Waals surface area contributed by atoms with Crippen LogP contribution < -0.4 is 15.2 Å². The fourth-order valence-corrected chi connectivity index (χ4v) is 1.54. The number of aliphatic hydroxyl groups is 1. The SMILES string of the molecule is CC[C@H](O)[C@H](N)c1ccc(OC)c(OC)c1. The van der Waals surface area contributed by atoms with E-state index in [2.05, 4.69) is 0 Å². The molecule has 0 heterocycles. The van der Waals surface area contributed by atoms with Crippen molar-refractivity contribution in [2.45, 2.75) is 25.5 Å². The van der Waals surface area contributed by atoms with Gasteiger partial charge in [-0.05, 0) is 24.1 Å². The molecule has 4 heteroatoms. The van der Waals surface area contributed by atoms with Gasteiger partial charge in [0.05, 0.1) is 26.4 Å². The fourth-order valence-electron chi connectivity index (χ4n) is 1.54. The Bertz CT molecular complexity index is 341. The van der Waals surface area contributed by atoms with E-state index in [0.29, 0.717) is 17.9 Å². The Labute approximate surface area is 96.0 Å². The van der Waals surface area contributed by atoms with Crippen LogP contribution in [-0.4, -0.2) is 25.4 Å². The average Bonchev–Trinajstić information content (AvgIpc) is 2.35. The highest BCUT2D eigenvalue weighted by Crippen LogP contribution is 2.30. The highest BCUT2D eigenvalue weighted by atomic mass is 16.5. The lowest BCUT2D eigenvalue weighted by atomic mass is 10.0. The lowest BCUT2D eigenvalue weighted by Crippen LogP contribution is -2.25. The second-order valence-electron chi connectivity index (χ2n) is 3.62. The highest BCUT2D eigenvalue weighted by molar-refractivity contribution is 5.43. The van der Waals surface area contributed by atoms with Gasteiger partial charge in [0.15, 0.2) is 11.5 Å². The van der Waals surface area contributed by atoms with Crippen LogP contribution in [-0.2, 0) is 0 Å². The summed E-state index contributed by atoms with van der Waals surface area (Å²) in [6, 6.07) is 5.02. The first-order valence-corrected chi connectivity index (χ1v) is 5.29. The van der Waals surface area contributed by atoms with Crippen molar-refractivity contribution < 1.29 is 14.6 Å². The van der Waals surface area contributed by atoms with Gasteiger partial charge in [0.25, 0.3) is 0 Å². The summed E-state index contributed by atoms with van der Waals surface area (Å²) in [5.41, 5.74) is 6.76. The lowest BCUT2D eigenvalue weighted by Gasteiger charge is -2.19. The first kappa shape index (κ1) is 12.8. The molecule has 0 aromatic heterocycles. The van der Waals surface area contributed by atoms with Gasteiger partial charge in [-0.1, -0.05) is 13.0 Å². The van der Waals surface area contributed by atoms with E-state index < -0.39 is 12.1 Å². The summed E-state index contributed by atoms with van der Waals surface area (Å²) in [6.45, 7) is 1.89. The molecule has 0 aliphatic rings. The number of hydrogen-bond acceptors (Lipinski definition) is 4. The first-order chi connectivity index (χ1) is 7.63. The maximum atomic E-state index is 9.67. The molecule has 0 bridgehead atoms. The van der Waals surface area contributed by atoms with Crippen LogP contribution in [0.5, 0.6) is 11.5 Å². The Morgan fingerprint density at radius 1 is 1.25 bits per heavy atom. The Morgan fingerprint density at radius 3 is 2.38 bits per heavy atom. The molecule has 90 valence electrons. The summed E-state index contributed by atoms with van der Waals surface area (Å²) in [5, 5.41) is 9.67. The smallest absolute Gasteiger partial charge is 0.161 e. The van der Waals surface area contributed by atoms with Crippen molar-refractivity contribution in [1.82, 2.24) is 0 Å². The minimum Gasteiger partial charge on any atom is -0.493 e. The second-order valence-corrected chi connectivity index (χ2v) is 3.62. The number of nitrogens with two attached hydrogens (primary N) is 1. The summed E-state index contributed by atoms with van der Waals surface area (Å²) in [5.74, 6) is 1.28. The second kappa shape index (κ2) is 5.72. The van der Waals surface area contributed by atoms with Crippen LogP contribution in [0, 0.1) is 0 Å². The van der Waals surface area contributed by atoms with Crippen molar-refractivity contribution in [3.8, 4) is 11.5 Å². The van der Waals surface area contributed by atoms with Crippen LogP contribution in [0.15, 0.2) is 18.2 Å². The molecule has 0 saturated carbocycles. The van der Waals surface area contributed by atoms with Crippen LogP contribution in [0.2, 0.25) is 0 Å². The standard InChI is InChI=1S/C12H19NO3/c1-4-9(14)12(13)8-5-6-10(15-2)11(7-8)16-3/h5-7,9,12,14H,4,13H2,1-3H3/t9-,12+/m0/s1. The molecule has 3 N–H and O–H groups in total. The minimum absolute atomic E-state index is 0.398. The molecule has 0 fully saturated rings. The number of methoxy groups -OCH3 is 2. The van der Waals surface area contributed by atoms with Crippen LogP contribution in [0.25, 0.3) is 0 Å². The topological polar surface area (TPSA) is 64.7 Å². The first-order valence-electron chi connectivity index (χ1n) is 5.29. The van der Waals surface area contributed by atoms with E-state index in [-0.39, 0.29) is 0 Å². The van der Waals surface area contributed by atoms with Crippen LogP contribution in [0.1, 0.15) is 24.9 Å². The maximum absolute atomic E-state index is 9.67. The van der Waals surface area contributed by atoms with Gasteiger partial charge in [-0.2, -0.15) is 0 Å². The van der Waals surface area contributed by atoms with Crippen LogP contribution >= 0.6 is 0 Å². The molecule has 0 spiro atoms. The Hall–Kier alpha value is -1.26. The van der Waals surface area contributed by atoms with Crippen LogP contribution in [0.4, 0.5) is 0 Å². The van der Waals surface area contributed by atoms with Crippen molar-refractivity contribution >= 4 is 0 Å². The third kappa shape index (κ3) is 2.65. The van der Waals surface area contributed by atoms with E-state index in [0.717, 1.165) is 5.56 Å². The molecular weight excluding hydrogens is 206 g/mol. The van der Waals surface area contributed by atoms with Gasteiger partial charge < -0.3 is 20.3 Å². The van der Waals surface area contributed by atoms with Crippen molar-refractivity contribution in [2.24, 2.45) is 5.73 Å². The Morgan fingerprint density at radius 2 is 1.88 bits per heavy atom. The Balaban J connectivity index is 2.98. The lowest BCUT2D eigenvalue weighted by molar-refractivity contribution is 0.140. The van der Waals surface area contributed by atoms with E-state index in [9.17, 15) is 5.11 Å². The van der Waals surface area contributed by atoms with Crippen molar-refractivity contribution in [1.29, 1.82) is 0 Å². The summed E-state index contributed by atoms with van der Waals surface area (Å²) in [7, 11) is 3.15. The van der Waals surface area contributed by atoms with E-state index in [1.807, 2.05) is 13.0 Å². The molecule has 1 aromatic carbocycles. The Kier molecular flexibility index (Phi) is 4.58. The molecule has 0 amide bonds. The number of aliphatic hydroxyl groups excluding tert-OH is 1. The molecule has 1 rings (SSSR count). The quantitative estimate of drug-likeness (QED) is 0.796.